The molecule has 0 aliphatic heterocycles. The predicted molar refractivity (Wildman–Crippen MR) is 110 cm³/mol. The number of rotatable bonds is 7. The summed E-state index contributed by atoms with van der Waals surface area (Å²) >= 11 is 0. The Labute approximate surface area is 174 Å². The number of phenolic OH excluding ortho intramolecular Hbond substituents is 1. The van der Waals surface area contributed by atoms with Crippen LogP contribution in [0.4, 0.5) is 13.2 Å². The maximum absolute atomic E-state index is 11.6. The van der Waals surface area contributed by atoms with Gasteiger partial charge in [0.25, 0.3) is 0 Å². The lowest BCUT2D eigenvalue weighted by Gasteiger charge is -2.07. The predicted octanol–water partition coefficient (Wildman–Crippen LogP) is 5.30. The lowest BCUT2D eigenvalue weighted by atomic mass is 10.1. The van der Waals surface area contributed by atoms with Crippen LogP contribution < -0.4 is 10.5 Å². The molecule has 30 heavy (non-hydrogen) atoms. The third-order valence-electron chi connectivity index (χ3n) is 3.39. The molecule has 0 spiro atoms. The van der Waals surface area contributed by atoms with Gasteiger partial charge in [0, 0.05) is 6.08 Å². The number of unbranched alkanes of at least 4 members (excludes halogenated alkanes) is 2. The van der Waals surface area contributed by atoms with E-state index in [9.17, 15) is 18.0 Å². The van der Waals surface area contributed by atoms with Crippen LogP contribution in [-0.2, 0) is 11.2 Å². The first-order valence-electron chi connectivity index (χ1n) is 9.32. The number of allylic oxidation sites excluding steroid dienone is 1. The van der Waals surface area contributed by atoms with Gasteiger partial charge >= 0.3 is 12.3 Å². The van der Waals surface area contributed by atoms with Gasteiger partial charge in [0.1, 0.15) is 11.5 Å². The third-order valence-corrected chi connectivity index (χ3v) is 3.39. The van der Waals surface area contributed by atoms with Crippen molar-refractivity contribution in [1.82, 2.24) is 0 Å². The SMILES string of the molecule is C/C=C\C(=O)O.NCCCCCc1ccccc1.Oc1ccc(OC(F)(F)F)cc1. The summed E-state index contributed by atoms with van der Waals surface area (Å²) in [6.45, 7) is 2.49. The van der Waals surface area contributed by atoms with Crippen LogP contribution in [0.3, 0.4) is 0 Å². The van der Waals surface area contributed by atoms with Gasteiger partial charge in [-0.25, -0.2) is 4.79 Å². The summed E-state index contributed by atoms with van der Waals surface area (Å²) in [6, 6.07) is 14.9. The van der Waals surface area contributed by atoms with Crippen LogP contribution in [0.5, 0.6) is 11.5 Å². The molecule has 0 saturated carbocycles. The van der Waals surface area contributed by atoms with Crippen LogP contribution in [0.15, 0.2) is 66.7 Å². The van der Waals surface area contributed by atoms with Crippen molar-refractivity contribution in [3.63, 3.8) is 0 Å². The van der Waals surface area contributed by atoms with Crippen molar-refractivity contribution in [3.05, 3.63) is 72.3 Å². The molecule has 2 aromatic rings. The van der Waals surface area contributed by atoms with E-state index in [0.717, 1.165) is 43.3 Å². The Kier molecular flexibility index (Phi) is 14.3. The fraction of sp³-hybridized carbons (Fsp3) is 0.318. The van der Waals surface area contributed by atoms with Gasteiger partial charge in [0.05, 0.1) is 0 Å². The van der Waals surface area contributed by atoms with Crippen molar-refractivity contribution in [3.8, 4) is 11.5 Å². The number of phenols is 1. The maximum atomic E-state index is 11.6. The second kappa shape index (κ2) is 15.9. The zero-order valence-electron chi connectivity index (χ0n) is 16.8. The highest BCUT2D eigenvalue weighted by atomic mass is 19.4. The van der Waals surface area contributed by atoms with E-state index >= 15 is 0 Å². The van der Waals surface area contributed by atoms with Gasteiger partial charge in [-0.05, 0) is 62.6 Å². The number of aromatic hydroxyl groups is 1. The minimum atomic E-state index is -4.68. The van der Waals surface area contributed by atoms with Crippen molar-refractivity contribution < 1.29 is 32.9 Å². The first kappa shape index (κ1) is 27.0. The minimum Gasteiger partial charge on any atom is -0.508 e. The standard InChI is InChI=1S/C11H17N.C7H5F3O2.C4H6O2/c12-10-6-2-5-9-11-7-3-1-4-8-11;8-7(9,10)12-6-3-1-5(11)2-4-6;1-2-3-4(5)6/h1,3-4,7-8H,2,5-6,9-10,12H2;1-4,11H;2-3H,1H3,(H,5,6)/b;;3-2-. The van der Waals surface area contributed by atoms with E-state index in [1.165, 1.54) is 30.9 Å². The number of aryl methyl sites for hydroxylation is 1. The quantitative estimate of drug-likeness (QED) is 0.412. The molecule has 0 saturated heterocycles. The van der Waals surface area contributed by atoms with Gasteiger partial charge in [0.15, 0.2) is 0 Å². The zero-order valence-corrected chi connectivity index (χ0v) is 16.8. The molecule has 166 valence electrons. The number of aliphatic carboxylic acids is 1. The molecule has 0 bridgehead atoms. The normalized spacial score (nSPS) is 10.4. The van der Waals surface area contributed by atoms with Crippen LogP contribution in [-0.4, -0.2) is 29.1 Å². The molecule has 0 unspecified atom stereocenters. The summed E-state index contributed by atoms with van der Waals surface area (Å²) in [5.41, 5.74) is 6.85. The fourth-order valence-electron chi connectivity index (χ4n) is 2.09. The summed E-state index contributed by atoms with van der Waals surface area (Å²) < 4.78 is 38.2. The molecule has 0 aliphatic rings. The highest BCUT2D eigenvalue weighted by Crippen LogP contribution is 2.23. The molecule has 5 nitrogen and oxygen atoms in total. The largest absolute Gasteiger partial charge is 0.573 e. The van der Waals surface area contributed by atoms with Gasteiger partial charge in [0.2, 0.25) is 0 Å². The fourth-order valence-corrected chi connectivity index (χ4v) is 2.09. The summed E-state index contributed by atoms with van der Waals surface area (Å²) in [5, 5.41) is 16.5. The van der Waals surface area contributed by atoms with Crippen LogP contribution in [0.25, 0.3) is 0 Å². The lowest BCUT2D eigenvalue weighted by molar-refractivity contribution is -0.274. The number of hydrogen-bond donors (Lipinski definition) is 3. The molecule has 2 rings (SSSR count). The molecule has 8 heteroatoms. The van der Waals surface area contributed by atoms with Crippen molar-refractivity contribution >= 4 is 5.97 Å². The Morgan fingerprint density at radius 2 is 1.63 bits per heavy atom. The molecule has 0 aromatic heterocycles. The number of benzene rings is 2. The highest BCUT2D eigenvalue weighted by Gasteiger charge is 2.30. The lowest BCUT2D eigenvalue weighted by Crippen LogP contribution is -2.16. The summed E-state index contributed by atoms with van der Waals surface area (Å²) in [4.78, 5) is 9.51. The summed E-state index contributed by atoms with van der Waals surface area (Å²) in [5.74, 6) is -1.35. The Morgan fingerprint density at radius 3 is 2.07 bits per heavy atom. The van der Waals surface area contributed by atoms with Crippen LogP contribution in [0.1, 0.15) is 31.7 Å². The third kappa shape index (κ3) is 17.1. The van der Waals surface area contributed by atoms with Crippen LogP contribution in [0, 0.1) is 0 Å². The molecule has 4 N–H and O–H groups in total. The monoisotopic (exact) mass is 427 g/mol. The van der Waals surface area contributed by atoms with Gasteiger partial charge in [-0.2, -0.15) is 0 Å². The first-order valence-corrected chi connectivity index (χ1v) is 9.32. The van der Waals surface area contributed by atoms with E-state index in [4.69, 9.17) is 15.9 Å². The molecular formula is C22H28F3NO4. The van der Waals surface area contributed by atoms with Gasteiger partial charge in [-0.15, -0.1) is 13.2 Å². The smallest absolute Gasteiger partial charge is 0.508 e. The van der Waals surface area contributed by atoms with Crippen molar-refractivity contribution in [2.24, 2.45) is 5.73 Å². The minimum absolute atomic E-state index is 0.107. The number of ether oxygens (including phenoxy) is 1. The second-order valence-electron chi connectivity index (χ2n) is 5.96. The average molecular weight is 427 g/mol. The molecule has 0 amide bonds. The molecule has 0 radical (unpaired) electrons. The molecule has 0 atom stereocenters. The topological polar surface area (TPSA) is 92.8 Å². The number of carbonyl (C=O) groups is 1. The van der Waals surface area contributed by atoms with E-state index in [-0.39, 0.29) is 11.5 Å². The Bertz CT molecular complexity index is 717. The number of carboxylic acid groups (broad SMARTS) is 1. The zero-order chi connectivity index (χ0) is 22.8. The van der Waals surface area contributed by atoms with Gasteiger partial charge in [-0.1, -0.05) is 42.8 Å². The van der Waals surface area contributed by atoms with Crippen LogP contribution >= 0.6 is 0 Å². The first-order chi connectivity index (χ1) is 14.2. The van der Waals surface area contributed by atoms with E-state index in [2.05, 4.69) is 35.1 Å². The van der Waals surface area contributed by atoms with Crippen molar-refractivity contribution in [2.45, 2.75) is 39.0 Å². The van der Waals surface area contributed by atoms with E-state index in [1.54, 1.807) is 6.92 Å². The molecule has 0 aliphatic carbocycles. The second-order valence-corrected chi connectivity index (χ2v) is 5.96. The molecular weight excluding hydrogens is 399 g/mol. The van der Waals surface area contributed by atoms with Gasteiger partial charge < -0.3 is 20.7 Å². The van der Waals surface area contributed by atoms with Crippen molar-refractivity contribution in [1.29, 1.82) is 0 Å². The summed E-state index contributed by atoms with van der Waals surface area (Å²) in [6.07, 6.45) is 2.75. The van der Waals surface area contributed by atoms with Crippen molar-refractivity contribution in [2.75, 3.05) is 6.54 Å². The van der Waals surface area contributed by atoms with E-state index < -0.39 is 12.3 Å². The van der Waals surface area contributed by atoms with Crippen LogP contribution in [0.2, 0.25) is 0 Å². The molecule has 2 aromatic carbocycles. The molecule has 0 heterocycles. The summed E-state index contributed by atoms with van der Waals surface area (Å²) in [7, 11) is 0. The highest BCUT2D eigenvalue weighted by molar-refractivity contribution is 5.79. The van der Waals surface area contributed by atoms with E-state index in [0.29, 0.717) is 0 Å². The number of alkyl halides is 3. The van der Waals surface area contributed by atoms with E-state index in [1.807, 2.05) is 0 Å². The maximum Gasteiger partial charge on any atom is 0.573 e. The number of hydrogen-bond acceptors (Lipinski definition) is 4. The number of nitrogens with two attached hydrogens (primary N) is 1. The Morgan fingerprint density at radius 1 is 1.03 bits per heavy atom. The Balaban J connectivity index is 0.000000447. The Hall–Kier alpha value is -3.00. The number of carboxylic acids is 1. The molecule has 0 fully saturated rings. The average Bonchev–Trinajstić information content (AvgIpc) is 2.68. The number of halogens is 3. The van der Waals surface area contributed by atoms with Gasteiger partial charge in [-0.3, -0.25) is 0 Å².